The van der Waals surface area contributed by atoms with E-state index in [4.69, 9.17) is 0 Å². The van der Waals surface area contributed by atoms with Crippen molar-refractivity contribution in [3.8, 4) is 0 Å². The predicted molar refractivity (Wildman–Crippen MR) is 102 cm³/mol. The van der Waals surface area contributed by atoms with Gasteiger partial charge in [0.1, 0.15) is 5.82 Å². The summed E-state index contributed by atoms with van der Waals surface area (Å²) in [6.07, 6.45) is 3.05. The fraction of sp³-hybridized carbons (Fsp3) is 0.278. The van der Waals surface area contributed by atoms with Crippen molar-refractivity contribution in [1.82, 2.24) is 15.2 Å². The summed E-state index contributed by atoms with van der Waals surface area (Å²) >= 11 is 0.914. The van der Waals surface area contributed by atoms with Crippen LogP contribution in [0.2, 0.25) is 0 Å². The van der Waals surface area contributed by atoms with Gasteiger partial charge in [-0.15, -0.1) is 5.10 Å². The monoisotopic (exact) mass is 385 g/mol. The number of anilines is 1. The molecule has 0 aliphatic carbocycles. The smallest absolute Gasteiger partial charge is 0.342 e. The van der Waals surface area contributed by atoms with E-state index in [-0.39, 0.29) is 10.8 Å². The highest BCUT2D eigenvalue weighted by Gasteiger charge is 2.34. The number of aromatic nitrogens is 3. The van der Waals surface area contributed by atoms with Crippen molar-refractivity contribution in [3.05, 3.63) is 47.1 Å². The molecule has 140 valence electrons. The number of aromatic amines is 1. The summed E-state index contributed by atoms with van der Waals surface area (Å²) in [6, 6.07) is 9.02. The molecule has 1 aromatic heterocycles. The Kier molecular flexibility index (Phi) is 5.70. The van der Waals surface area contributed by atoms with Crippen LogP contribution >= 0.6 is 11.8 Å². The second-order valence-corrected chi connectivity index (χ2v) is 6.97. The lowest BCUT2D eigenvalue weighted by Gasteiger charge is -2.12. The number of hydrogen-bond donors (Lipinski definition) is 2. The quantitative estimate of drug-likeness (QED) is 0.560. The van der Waals surface area contributed by atoms with Crippen molar-refractivity contribution in [2.24, 2.45) is 11.0 Å². The highest BCUT2D eigenvalue weighted by molar-refractivity contribution is 8.03. The third kappa shape index (κ3) is 4.25. The number of carboxylic acid groups (broad SMARTS) is 1. The second-order valence-electron chi connectivity index (χ2n) is 5.96. The molecule has 1 aliphatic heterocycles. The number of hydrogen-bond acceptors (Lipinski definition) is 6. The van der Waals surface area contributed by atoms with E-state index in [1.54, 1.807) is 19.1 Å². The van der Waals surface area contributed by atoms with Crippen LogP contribution in [0.4, 0.5) is 5.69 Å². The molecular formula is C18H19N5O3S. The number of thioether (sulfide) groups is 1. The maximum absolute atomic E-state index is 12.7. The zero-order valence-corrected chi connectivity index (χ0v) is 15.7. The van der Waals surface area contributed by atoms with Crippen LogP contribution in [0.25, 0.3) is 0 Å². The van der Waals surface area contributed by atoms with Gasteiger partial charge < -0.3 is 5.11 Å². The Hall–Kier alpha value is -2.94. The molecule has 2 N–H and O–H groups in total. The molecular weight excluding hydrogens is 366 g/mol. The molecule has 1 aliphatic rings. The predicted octanol–water partition coefficient (Wildman–Crippen LogP) is 2.86. The van der Waals surface area contributed by atoms with Gasteiger partial charge in [0.25, 0.3) is 5.91 Å². The third-order valence-corrected chi connectivity index (χ3v) is 4.81. The molecule has 0 radical (unpaired) electrons. The van der Waals surface area contributed by atoms with Crippen LogP contribution in [0.5, 0.6) is 0 Å². The van der Waals surface area contributed by atoms with Gasteiger partial charge >= 0.3 is 5.97 Å². The van der Waals surface area contributed by atoms with Crippen molar-refractivity contribution in [2.45, 2.75) is 31.8 Å². The standard InChI is InChI=1S/C18H19N5O3S/c1-3-7-15-19-18(21-20-15)27-14(17(25)26)10-13-11(2)22-23(16(13)24)12-8-5-4-6-9-12/h4-6,8-10,13H,3,7H2,1-2H3,(H,25,26)(H,19,20,21)/b14-10-/t13-/m0/s1. The summed E-state index contributed by atoms with van der Waals surface area (Å²) in [5, 5.41) is 22.3. The molecule has 0 fully saturated rings. The number of benzene rings is 1. The first kappa shape index (κ1) is 18.8. The number of aryl methyl sites for hydroxylation is 1. The van der Waals surface area contributed by atoms with E-state index in [9.17, 15) is 14.7 Å². The van der Waals surface area contributed by atoms with Gasteiger partial charge in [-0.25, -0.2) is 9.78 Å². The summed E-state index contributed by atoms with van der Waals surface area (Å²) in [6.45, 7) is 3.72. The van der Waals surface area contributed by atoms with Crippen molar-refractivity contribution in [3.63, 3.8) is 0 Å². The molecule has 0 saturated carbocycles. The summed E-state index contributed by atoms with van der Waals surface area (Å²) in [5.74, 6) is -1.46. The highest BCUT2D eigenvalue weighted by atomic mass is 32.2. The zero-order valence-electron chi connectivity index (χ0n) is 14.9. The Morgan fingerprint density at radius 1 is 1.37 bits per heavy atom. The first-order valence-corrected chi connectivity index (χ1v) is 9.29. The van der Waals surface area contributed by atoms with E-state index in [0.29, 0.717) is 22.4 Å². The van der Waals surface area contributed by atoms with Gasteiger partial charge in [-0.3, -0.25) is 9.89 Å². The Labute approximate surface area is 160 Å². The van der Waals surface area contributed by atoms with Crippen LogP contribution in [0.3, 0.4) is 0 Å². The van der Waals surface area contributed by atoms with Crippen LogP contribution in [0, 0.1) is 5.92 Å². The Morgan fingerprint density at radius 3 is 2.78 bits per heavy atom. The molecule has 8 nitrogen and oxygen atoms in total. The number of amides is 1. The van der Waals surface area contributed by atoms with Gasteiger partial charge in [-0.05, 0) is 43.3 Å². The number of carbonyl (C=O) groups excluding carboxylic acids is 1. The normalized spacial score (nSPS) is 17.3. The molecule has 1 atom stereocenters. The van der Waals surface area contributed by atoms with E-state index < -0.39 is 11.9 Å². The van der Waals surface area contributed by atoms with Crippen LogP contribution in [-0.4, -0.2) is 37.9 Å². The number of H-pyrrole nitrogens is 1. The number of nitrogens with zero attached hydrogens (tertiary/aromatic N) is 4. The number of carbonyl (C=O) groups is 2. The molecule has 27 heavy (non-hydrogen) atoms. The Bertz CT molecular complexity index is 907. The van der Waals surface area contributed by atoms with Crippen LogP contribution < -0.4 is 5.01 Å². The van der Waals surface area contributed by atoms with Crippen molar-refractivity contribution >= 4 is 35.0 Å². The lowest BCUT2D eigenvalue weighted by Crippen LogP contribution is -2.26. The minimum Gasteiger partial charge on any atom is -0.477 e. The van der Waals surface area contributed by atoms with E-state index >= 15 is 0 Å². The van der Waals surface area contributed by atoms with Crippen molar-refractivity contribution in [1.29, 1.82) is 0 Å². The average molecular weight is 385 g/mol. The van der Waals surface area contributed by atoms with Gasteiger partial charge in [0.05, 0.1) is 22.2 Å². The van der Waals surface area contributed by atoms with Crippen LogP contribution in [0.1, 0.15) is 26.1 Å². The maximum atomic E-state index is 12.7. The van der Waals surface area contributed by atoms with Crippen LogP contribution in [-0.2, 0) is 16.0 Å². The molecule has 9 heteroatoms. The SMILES string of the molecule is CCCc1nc(S/C(=C\[C@@H]2C(=O)N(c3ccccc3)N=C2C)C(=O)O)n[nH]1. The van der Waals surface area contributed by atoms with Crippen molar-refractivity contribution in [2.75, 3.05) is 5.01 Å². The lowest BCUT2D eigenvalue weighted by atomic mass is 10.0. The maximum Gasteiger partial charge on any atom is 0.342 e. The molecule has 0 unspecified atom stereocenters. The van der Waals surface area contributed by atoms with Gasteiger partial charge in [0, 0.05) is 6.42 Å². The first-order chi connectivity index (χ1) is 13.0. The van der Waals surface area contributed by atoms with Gasteiger partial charge in [-0.2, -0.15) is 10.1 Å². The van der Waals surface area contributed by atoms with E-state index in [1.165, 1.54) is 11.1 Å². The number of rotatable bonds is 7. The summed E-state index contributed by atoms with van der Waals surface area (Å²) < 4.78 is 0. The van der Waals surface area contributed by atoms with Gasteiger partial charge in [0.2, 0.25) is 5.16 Å². The molecule has 0 spiro atoms. The lowest BCUT2D eigenvalue weighted by molar-refractivity contribution is -0.131. The Morgan fingerprint density at radius 2 is 2.11 bits per heavy atom. The third-order valence-electron chi connectivity index (χ3n) is 3.91. The Balaban J connectivity index is 1.82. The molecule has 2 aromatic rings. The largest absolute Gasteiger partial charge is 0.477 e. The number of para-hydroxylation sites is 1. The summed E-state index contributed by atoms with van der Waals surface area (Å²) in [7, 11) is 0. The minimum atomic E-state index is -1.14. The van der Waals surface area contributed by atoms with Gasteiger partial charge in [0.15, 0.2) is 0 Å². The molecule has 2 heterocycles. The minimum absolute atomic E-state index is 0.0140. The molecule has 0 saturated heterocycles. The van der Waals surface area contributed by atoms with E-state index in [2.05, 4.69) is 20.3 Å². The number of aliphatic carboxylic acids is 1. The van der Waals surface area contributed by atoms with E-state index in [1.807, 2.05) is 25.1 Å². The van der Waals surface area contributed by atoms with Crippen LogP contribution in [0.15, 0.2) is 51.6 Å². The molecule has 1 amide bonds. The molecule has 1 aromatic carbocycles. The summed E-state index contributed by atoms with van der Waals surface area (Å²) in [5.41, 5.74) is 1.17. The van der Waals surface area contributed by atoms with E-state index in [0.717, 1.165) is 24.6 Å². The first-order valence-electron chi connectivity index (χ1n) is 8.48. The summed E-state index contributed by atoms with van der Waals surface area (Å²) in [4.78, 5) is 28.7. The van der Waals surface area contributed by atoms with Crippen molar-refractivity contribution < 1.29 is 14.7 Å². The number of carboxylic acids is 1. The zero-order chi connectivity index (χ0) is 19.4. The number of hydrazone groups is 1. The second kappa shape index (κ2) is 8.17. The fourth-order valence-electron chi connectivity index (χ4n) is 2.60. The molecule has 3 rings (SSSR count). The number of nitrogens with one attached hydrogen (secondary N) is 1. The highest BCUT2D eigenvalue weighted by Crippen LogP contribution is 2.29. The molecule has 0 bridgehead atoms. The van der Waals surface area contributed by atoms with Gasteiger partial charge in [-0.1, -0.05) is 25.1 Å². The fourth-order valence-corrected chi connectivity index (χ4v) is 3.33. The average Bonchev–Trinajstić information content (AvgIpc) is 3.21. The topological polar surface area (TPSA) is 112 Å².